The first-order valence-electron chi connectivity index (χ1n) is 24.4. The standard InChI is InChI=1S/C52H62ClF3N8O6S3/c1-51(2)22-20-46(38-10-14-41(53)15-11-38)40(34-51)35-62-27-29-63(30-28-62)43-16-12-39(13-17-43)48(65)37-72(67,68)45-18-19-47(49(33-45)73(69,70)52(54,55)56)59-42(36-71-44-7-4-3-5-8-44)21-24-61-25-31-64(32-26-61)50(66)9-6-23-58-60-57/h3-5,7-8,10-19,33,42,59H,6,9,20-32,34-37H2,1-2H3/t42-/m1/s1. The van der Waals surface area contributed by atoms with E-state index in [1.54, 1.807) is 17.0 Å². The molecular weight excluding hydrogens is 1020 g/mol. The molecule has 3 aliphatic rings. The fourth-order valence-electron chi connectivity index (χ4n) is 9.55. The summed E-state index contributed by atoms with van der Waals surface area (Å²) in [6, 6.07) is 25.8. The maximum absolute atomic E-state index is 14.4. The summed E-state index contributed by atoms with van der Waals surface area (Å²) in [6.07, 6.45) is 4.18. The summed E-state index contributed by atoms with van der Waals surface area (Å²) in [5.41, 5.74) is 7.50. The summed E-state index contributed by atoms with van der Waals surface area (Å²) in [4.78, 5) is 36.3. The Labute approximate surface area is 435 Å². The lowest BCUT2D eigenvalue weighted by atomic mass is 9.73. The lowest BCUT2D eigenvalue weighted by Gasteiger charge is -2.39. The number of anilines is 2. The molecule has 0 radical (unpaired) electrons. The number of hydrogen-bond donors (Lipinski definition) is 1. The minimum Gasteiger partial charge on any atom is -0.380 e. The second kappa shape index (κ2) is 24.5. The van der Waals surface area contributed by atoms with Crippen LogP contribution in [-0.4, -0.2) is 138 Å². The predicted molar refractivity (Wildman–Crippen MR) is 283 cm³/mol. The van der Waals surface area contributed by atoms with E-state index in [1.165, 1.54) is 40.6 Å². The van der Waals surface area contributed by atoms with Crippen LogP contribution in [0.2, 0.25) is 5.02 Å². The highest BCUT2D eigenvalue weighted by Gasteiger charge is 2.48. The van der Waals surface area contributed by atoms with E-state index in [1.807, 2.05) is 42.5 Å². The minimum atomic E-state index is -6.09. The molecule has 392 valence electrons. The van der Waals surface area contributed by atoms with Crippen molar-refractivity contribution in [1.82, 2.24) is 14.7 Å². The van der Waals surface area contributed by atoms with Crippen LogP contribution in [0.25, 0.3) is 16.0 Å². The fourth-order valence-corrected chi connectivity index (χ4v) is 12.9. The number of ketones is 1. The number of azide groups is 1. The molecule has 0 aromatic heterocycles. The van der Waals surface area contributed by atoms with Gasteiger partial charge in [-0.3, -0.25) is 19.4 Å². The molecule has 2 heterocycles. The molecule has 21 heteroatoms. The van der Waals surface area contributed by atoms with E-state index in [0.717, 1.165) is 74.7 Å². The number of alkyl halides is 3. The fraction of sp³-hybridized carbons (Fsp3) is 0.462. The molecule has 1 atom stereocenters. The van der Waals surface area contributed by atoms with Crippen molar-refractivity contribution in [1.29, 1.82) is 0 Å². The van der Waals surface area contributed by atoms with Crippen molar-refractivity contribution < 1.29 is 39.6 Å². The number of carbonyl (C=O) groups is 2. The summed E-state index contributed by atoms with van der Waals surface area (Å²) < 4.78 is 97.1. The smallest absolute Gasteiger partial charge is 0.380 e. The number of sulfone groups is 2. The highest BCUT2D eigenvalue weighted by molar-refractivity contribution is 7.99. The third-order valence-corrected chi connectivity index (χ3v) is 18.3. The molecule has 73 heavy (non-hydrogen) atoms. The lowest BCUT2D eigenvalue weighted by molar-refractivity contribution is -0.133. The van der Waals surface area contributed by atoms with Gasteiger partial charge in [0, 0.05) is 116 Å². The Morgan fingerprint density at radius 1 is 0.877 bits per heavy atom. The van der Waals surface area contributed by atoms with Crippen LogP contribution in [-0.2, 0) is 24.5 Å². The number of rotatable bonds is 21. The molecule has 2 saturated heterocycles. The minimum absolute atomic E-state index is 0.0489. The Bertz CT molecular complexity index is 2870. The molecule has 2 aliphatic heterocycles. The number of nitrogens with one attached hydrogen (secondary N) is 1. The number of nitrogens with zero attached hydrogens (tertiary/aromatic N) is 7. The van der Waals surface area contributed by atoms with Crippen LogP contribution in [0, 0.1) is 5.41 Å². The van der Waals surface area contributed by atoms with Gasteiger partial charge in [0.1, 0.15) is 10.6 Å². The maximum Gasteiger partial charge on any atom is 0.501 e. The van der Waals surface area contributed by atoms with E-state index >= 15 is 0 Å². The zero-order valence-electron chi connectivity index (χ0n) is 41.1. The Balaban J connectivity index is 1.00. The van der Waals surface area contributed by atoms with Crippen LogP contribution >= 0.6 is 23.4 Å². The quantitative estimate of drug-likeness (QED) is 0.0210. The van der Waals surface area contributed by atoms with Crippen molar-refractivity contribution in [2.24, 2.45) is 10.5 Å². The molecule has 0 bridgehead atoms. The van der Waals surface area contributed by atoms with Crippen molar-refractivity contribution in [3.63, 3.8) is 0 Å². The third-order valence-electron chi connectivity index (χ3n) is 13.7. The zero-order chi connectivity index (χ0) is 52.4. The lowest BCUT2D eigenvalue weighted by Crippen LogP contribution is -2.49. The molecule has 1 amide bonds. The van der Waals surface area contributed by atoms with Crippen molar-refractivity contribution in [3.05, 3.63) is 129 Å². The number of benzene rings is 4. The van der Waals surface area contributed by atoms with Crippen LogP contribution in [0.4, 0.5) is 24.5 Å². The number of Topliss-reactive ketones (excluding diaryl/α,β-unsaturated/α-hetero) is 1. The Morgan fingerprint density at radius 2 is 1.55 bits per heavy atom. The summed E-state index contributed by atoms with van der Waals surface area (Å²) in [7, 11) is -10.7. The van der Waals surface area contributed by atoms with Gasteiger partial charge in [0.2, 0.25) is 5.91 Å². The molecule has 4 aromatic rings. The molecule has 2 fully saturated rings. The van der Waals surface area contributed by atoms with Gasteiger partial charge in [0.15, 0.2) is 15.6 Å². The number of carbonyl (C=O) groups excluding carboxylic acids is 2. The molecular formula is C52H62ClF3N8O6S3. The van der Waals surface area contributed by atoms with Gasteiger partial charge in [0.25, 0.3) is 9.84 Å². The second-order valence-electron chi connectivity index (χ2n) is 19.6. The summed E-state index contributed by atoms with van der Waals surface area (Å²) in [6.45, 7) is 11.3. The van der Waals surface area contributed by atoms with Gasteiger partial charge < -0.3 is 15.1 Å². The van der Waals surface area contributed by atoms with Crippen molar-refractivity contribution in [2.75, 3.05) is 93.7 Å². The summed E-state index contributed by atoms with van der Waals surface area (Å²) >= 11 is 7.62. The average Bonchev–Trinajstić information content (AvgIpc) is 3.36. The SMILES string of the molecule is CC1(C)CCC(c2ccc(Cl)cc2)=C(CN2CCN(c3ccc(C(=O)CS(=O)(=O)c4ccc(N[C@H](CCN5CCN(C(=O)CCCN=[N+]=[N-])CC5)CSc5ccccc5)c(S(=O)(=O)C(F)(F)F)c4)cc3)CC2)C1. The highest BCUT2D eigenvalue weighted by Crippen LogP contribution is 2.43. The highest BCUT2D eigenvalue weighted by atomic mass is 35.5. The number of piperazine rings is 2. The summed E-state index contributed by atoms with van der Waals surface area (Å²) in [5.74, 6) is -1.63. The van der Waals surface area contributed by atoms with Crippen molar-refractivity contribution in [2.45, 2.75) is 78.6 Å². The topological polar surface area (TPSA) is 176 Å². The van der Waals surface area contributed by atoms with Crippen LogP contribution in [0.1, 0.15) is 68.3 Å². The number of allylic oxidation sites excluding steroid dienone is 1. The normalized spacial score (nSPS) is 17.5. The Kier molecular flexibility index (Phi) is 18.7. The number of hydrogen-bond acceptors (Lipinski definition) is 12. The van der Waals surface area contributed by atoms with Crippen molar-refractivity contribution in [3.8, 4) is 0 Å². The summed E-state index contributed by atoms with van der Waals surface area (Å²) in [5, 5.41) is 7.18. The second-order valence-corrected chi connectivity index (χ2v) is 25.0. The number of halogens is 4. The van der Waals surface area contributed by atoms with Gasteiger partial charge in [-0.05, 0) is 121 Å². The molecule has 14 nitrogen and oxygen atoms in total. The molecule has 1 N–H and O–H groups in total. The van der Waals surface area contributed by atoms with Gasteiger partial charge in [-0.1, -0.05) is 66.5 Å². The van der Waals surface area contributed by atoms with Gasteiger partial charge in [0.05, 0.1) is 10.6 Å². The van der Waals surface area contributed by atoms with E-state index in [4.69, 9.17) is 17.1 Å². The monoisotopic (exact) mass is 1080 g/mol. The van der Waals surface area contributed by atoms with Crippen molar-refractivity contribution >= 4 is 71.7 Å². The number of thioether (sulfide) groups is 1. The van der Waals surface area contributed by atoms with Gasteiger partial charge >= 0.3 is 5.51 Å². The van der Waals surface area contributed by atoms with Crippen LogP contribution in [0.3, 0.4) is 0 Å². The third kappa shape index (κ3) is 15.0. The molecule has 0 spiro atoms. The van der Waals surface area contributed by atoms with E-state index < -0.39 is 58.2 Å². The molecule has 1 aliphatic carbocycles. The zero-order valence-corrected chi connectivity index (χ0v) is 44.3. The molecule has 7 rings (SSSR count). The van der Waals surface area contributed by atoms with Gasteiger partial charge in [-0.2, -0.15) is 13.2 Å². The number of amides is 1. The van der Waals surface area contributed by atoms with Gasteiger partial charge in [-0.25, -0.2) is 16.8 Å². The molecule has 0 saturated carbocycles. The van der Waals surface area contributed by atoms with Gasteiger partial charge in [-0.15, -0.1) is 11.8 Å². The van der Waals surface area contributed by atoms with Crippen LogP contribution in [0.5, 0.6) is 0 Å². The Morgan fingerprint density at radius 3 is 2.21 bits per heavy atom. The van der Waals surface area contributed by atoms with E-state index in [-0.39, 0.29) is 29.9 Å². The van der Waals surface area contributed by atoms with E-state index in [2.05, 4.69) is 56.0 Å². The van der Waals surface area contributed by atoms with Crippen LogP contribution < -0.4 is 10.2 Å². The molecule has 4 aromatic carbocycles. The average molecular weight is 1080 g/mol. The van der Waals surface area contributed by atoms with E-state index in [9.17, 15) is 39.6 Å². The predicted octanol–water partition coefficient (Wildman–Crippen LogP) is 10.3. The largest absolute Gasteiger partial charge is 0.501 e. The Hall–Kier alpha value is -5.08. The first-order valence-corrected chi connectivity index (χ1v) is 28.9. The maximum atomic E-state index is 14.4. The van der Waals surface area contributed by atoms with Crippen LogP contribution in [0.15, 0.2) is 122 Å². The first kappa shape index (κ1) is 55.7. The van der Waals surface area contributed by atoms with E-state index in [0.29, 0.717) is 62.4 Å². The molecule has 0 unspecified atom stereocenters. The first-order chi connectivity index (χ1) is 34.7.